The highest BCUT2D eigenvalue weighted by Crippen LogP contribution is 2.39. The number of nitrogens with two attached hydrogens (primary N) is 1. The molecular formula is C15H13N3O2S2. The second-order valence-electron chi connectivity index (χ2n) is 5.04. The van der Waals surface area contributed by atoms with Crippen LogP contribution in [-0.4, -0.2) is 22.6 Å². The lowest BCUT2D eigenvalue weighted by Crippen LogP contribution is -2.31. The van der Waals surface area contributed by atoms with E-state index in [1.165, 1.54) is 0 Å². The maximum absolute atomic E-state index is 5.85. The van der Waals surface area contributed by atoms with E-state index in [9.17, 15) is 0 Å². The first-order chi connectivity index (χ1) is 10.7. The van der Waals surface area contributed by atoms with E-state index in [1.54, 1.807) is 16.3 Å². The topological polar surface area (TPSA) is 60.1 Å². The van der Waals surface area contributed by atoms with Gasteiger partial charge in [0.05, 0.1) is 16.6 Å². The molecule has 112 valence electrons. The number of benzene rings is 1. The number of hydrogen-bond donors (Lipinski definition) is 1. The van der Waals surface area contributed by atoms with E-state index in [1.807, 2.05) is 29.6 Å². The predicted molar refractivity (Wildman–Crippen MR) is 89.4 cm³/mol. The van der Waals surface area contributed by atoms with Crippen LogP contribution in [0.25, 0.3) is 0 Å². The van der Waals surface area contributed by atoms with E-state index in [-0.39, 0.29) is 17.9 Å². The van der Waals surface area contributed by atoms with Gasteiger partial charge >= 0.3 is 0 Å². The van der Waals surface area contributed by atoms with Gasteiger partial charge in [0.2, 0.25) is 6.79 Å². The van der Waals surface area contributed by atoms with Crippen LogP contribution in [0.3, 0.4) is 0 Å². The molecule has 5 nitrogen and oxygen atoms in total. The molecule has 0 bridgehead atoms. The summed E-state index contributed by atoms with van der Waals surface area (Å²) in [5.74, 6) is 1.52. The maximum atomic E-state index is 5.85. The number of thiophene rings is 1. The average Bonchev–Trinajstić information content (AvgIpc) is 3.25. The largest absolute Gasteiger partial charge is 0.454 e. The van der Waals surface area contributed by atoms with E-state index in [0.717, 1.165) is 34.1 Å². The molecule has 2 aliphatic heterocycles. The molecule has 2 N–H and O–H groups in total. The number of nitrogens with zero attached hydrogens (tertiary/aromatic N) is 2. The highest BCUT2D eigenvalue weighted by atomic mass is 32.1. The lowest BCUT2D eigenvalue weighted by atomic mass is 10.0. The van der Waals surface area contributed by atoms with E-state index < -0.39 is 0 Å². The van der Waals surface area contributed by atoms with Crippen molar-refractivity contribution in [2.24, 2.45) is 10.8 Å². The fourth-order valence-corrected chi connectivity index (χ4v) is 3.57. The summed E-state index contributed by atoms with van der Waals surface area (Å²) in [5.41, 5.74) is 7.92. The molecule has 0 fully saturated rings. The Hall–Kier alpha value is -2.12. The van der Waals surface area contributed by atoms with Crippen molar-refractivity contribution in [3.05, 3.63) is 46.2 Å². The van der Waals surface area contributed by atoms with Gasteiger partial charge in [0.15, 0.2) is 16.6 Å². The Morgan fingerprint density at radius 3 is 2.95 bits per heavy atom. The number of thiocarbonyl (C=S) groups is 1. The number of rotatable bonds is 2. The number of hydrogen-bond acceptors (Lipinski definition) is 5. The van der Waals surface area contributed by atoms with Gasteiger partial charge < -0.3 is 15.2 Å². The van der Waals surface area contributed by atoms with E-state index in [4.69, 9.17) is 27.4 Å². The molecule has 22 heavy (non-hydrogen) atoms. The summed E-state index contributed by atoms with van der Waals surface area (Å²) in [7, 11) is 0. The normalized spacial score (nSPS) is 19.4. The van der Waals surface area contributed by atoms with Gasteiger partial charge in [0.1, 0.15) is 0 Å². The van der Waals surface area contributed by atoms with Crippen LogP contribution in [0.15, 0.2) is 40.8 Å². The van der Waals surface area contributed by atoms with Crippen molar-refractivity contribution in [2.45, 2.75) is 12.5 Å². The summed E-state index contributed by atoms with van der Waals surface area (Å²) in [6, 6.07) is 9.97. The summed E-state index contributed by atoms with van der Waals surface area (Å²) in [6.45, 7) is 0.263. The summed E-state index contributed by atoms with van der Waals surface area (Å²) in [5, 5.41) is 8.62. The Kier molecular flexibility index (Phi) is 3.24. The van der Waals surface area contributed by atoms with Crippen molar-refractivity contribution < 1.29 is 9.47 Å². The number of ether oxygens (including phenoxy) is 2. The summed E-state index contributed by atoms with van der Waals surface area (Å²) in [6.07, 6.45) is 0.761. The van der Waals surface area contributed by atoms with Crippen molar-refractivity contribution in [1.29, 1.82) is 0 Å². The van der Waals surface area contributed by atoms with Gasteiger partial charge in [-0.05, 0) is 41.4 Å². The third-order valence-corrected chi connectivity index (χ3v) is 4.83. The average molecular weight is 331 g/mol. The Morgan fingerprint density at radius 1 is 1.32 bits per heavy atom. The standard InChI is InChI=1S/C15H13N3O2S2/c16-15(21)18-11(7-10(17-18)14-2-1-5-22-14)9-3-4-12-13(6-9)20-8-19-12/h1-6,11H,7-8H2,(H2,16,21). The summed E-state index contributed by atoms with van der Waals surface area (Å²) in [4.78, 5) is 1.14. The molecule has 1 aromatic carbocycles. The van der Waals surface area contributed by atoms with Gasteiger partial charge in [-0.15, -0.1) is 11.3 Å². The highest BCUT2D eigenvalue weighted by molar-refractivity contribution is 7.80. The first kappa shape index (κ1) is 13.5. The van der Waals surface area contributed by atoms with Crippen molar-refractivity contribution in [3.63, 3.8) is 0 Å². The zero-order valence-electron chi connectivity index (χ0n) is 11.6. The van der Waals surface area contributed by atoms with Crippen LogP contribution in [0.4, 0.5) is 0 Å². The second-order valence-corrected chi connectivity index (χ2v) is 6.41. The monoisotopic (exact) mass is 331 g/mol. The molecule has 0 spiro atoms. The molecule has 1 unspecified atom stereocenters. The molecule has 3 heterocycles. The Balaban J connectivity index is 1.68. The molecule has 1 aromatic heterocycles. The van der Waals surface area contributed by atoms with Gasteiger partial charge in [-0.2, -0.15) is 5.10 Å². The van der Waals surface area contributed by atoms with Crippen molar-refractivity contribution in [3.8, 4) is 11.5 Å². The molecule has 0 saturated heterocycles. The third-order valence-electron chi connectivity index (χ3n) is 3.72. The molecule has 0 saturated carbocycles. The van der Waals surface area contributed by atoms with Crippen molar-refractivity contribution in [1.82, 2.24) is 5.01 Å². The van der Waals surface area contributed by atoms with Gasteiger partial charge in [0.25, 0.3) is 0 Å². The minimum atomic E-state index is -0.0101. The SMILES string of the molecule is NC(=S)N1N=C(c2cccs2)CC1c1ccc2c(c1)OCO2. The number of hydrazone groups is 1. The summed E-state index contributed by atoms with van der Waals surface area (Å²) >= 11 is 6.82. The fourth-order valence-electron chi connectivity index (χ4n) is 2.69. The molecule has 1 atom stereocenters. The van der Waals surface area contributed by atoms with Crippen LogP contribution in [0, 0.1) is 0 Å². The Morgan fingerprint density at radius 2 is 2.18 bits per heavy atom. The van der Waals surface area contributed by atoms with Crippen LogP contribution in [-0.2, 0) is 0 Å². The van der Waals surface area contributed by atoms with E-state index in [2.05, 4.69) is 11.2 Å². The van der Waals surface area contributed by atoms with Gasteiger partial charge in [-0.3, -0.25) is 0 Å². The lowest BCUT2D eigenvalue weighted by molar-refractivity contribution is 0.174. The minimum absolute atomic E-state index is 0.0101. The fraction of sp³-hybridized carbons (Fsp3) is 0.200. The third kappa shape index (κ3) is 2.22. The first-order valence-electron chi connectivity index (χ1n) is 6.82. The maximum Gasteiger partial charge on any atom is 0.231 e. The first-order valence-corrected chi connectivity index (χ1v) is 8.11. The molecule has 2 aromatic rings. The lowest BCUT2D eigenvalue weighted by Gasteiger charge is -2.22. The van der Waals surface area contributed by atoms with Crippen LogP contribution in [0.5, 0.6) is 11.5 Å². The summed E-state index contributed by atoms with van der Waals surface area (Å²) < 4.78 is 10.8. The quantitative estimate of drug-likeness (QED) is 0.858. The zero-order valence-corrected chi connectivity index (χ0v) is 13.2. The molecule has 2 aliphatic rings. The second kappa shape index (κ2) is 5.26. The minimum Gasteiger partial charge on any atom is -0.454 e. The highest BCUT2D eigenvalue weighted by Gasteiger charge is 2.31. The number of fused-ring (bicyclic) bond motifs is 1. The van der Waals surface area contributed by atoms with Crippen LogP contribution in [0.2, 0.25) is 0 Å². The molecule has 0 aliphatic carbocycles. The van der Waals surface area contributed by atoms with Gasteiger partial charge in [-0.1, -0.05) is 12.1 Å². The van der Waals surface area contributed by atoms with E-state index >= 15 is 0 Å². The zero-order chi connectivity index (χ0) is 15.1. The molecular weight excluding hydrogens is 318 g/mol. The van der Waals surface area contributed by atoms with Crippen LogP contribution >= 0.6 is 23.6 Å². The molecule has 7 heteroatoms. The Bertz CT molecular complexity index is 758. The Labute approximate surface area is 136 Å². The van der Waals surface area contributed by atoms with Gasteiger partial charge in [0, 0.05) is 6.42 Å². The van der Waals surface area contributed by atoms with Gasteiger partial charge in [-0.25, -0.2) is 5.01 Å². The molecule has 0 amide bonds. The van der Waals surface area contributed by atoms with Crippen molar-refractivity contribution in [2.75, 3.05) is 6.79 Å². The van der Waals surface area contributed by atoms with E-state index in [0.29, 0.717) is 0 Å². The molecule has 4 rings (SSSR count). The molecule has 0 radical (unpaired) electrons. The van der Waals surface area contributed by atoms with Crippen LogP contribution < -0.4 is 15.2 Å². The predicted octanol–water partition coefficient (Wildman–Crippen LogP) is 2.87. The smallest absolute Gasteiger partial charge is 0.231 e. The van der Waals surface area contributed by atoms with Crippen molar-refractivity contribution >= 4 is 34.4 Å². The van der Waals surface area contributed by atoms with Crippen LogP contribution in [0.1, 0.15) is 22.9 Å².